The van der Waals surface area contributed by atoms with Crippen LogP contribution in [0.25, 0.3) is 0 Å². The topological polar surface area (TPSA) is 41.8 Å². The van der Waals surface area contributed by atoms with E-state index in [1.54, 1.807) is 0 Å². The first-order chi connectivity index (χ1) is 6.25. The van der Waals surface area contributed by atoms with Crippen molar-refractivity contribution in [2.45, 2.75) is 45.1 Å². The number of aromatic nitrogens is 1. The van der Waals surface area contributed by atoms with Gasteiger partial charge in [0.2, 0.25) is 0 Å². The summed E-state index contributed by atoms with van der Waals surface area (Å²) >= 11 is 0. The van der Waals surface area contributed by atoms with Gasteiger partial charge in [-0.05, 0) is 44.2 Å². The highest BCUT2D eigenvalue weighted by Gasteiger charge is 2.12. The molecule has 72 valence electrons. The molecule has 0 unspecified atom stereocenters. The molecule has 2 nitrogen and oxygen atoms in total. The fraction of sp³-hybridized carbons (Fsp3) is 0.636. The van der Waals surface area contributed by atoms with Gasteiger partial charge in [-0.15, -0.1) is 0 Å². The first-order valence-corrected chi connectivity index (χ1v) is 5.21. The van der Waals surface area contributed by atoms with Crippen molar-refractivity contribution >= 4 is 0 Å². The van der Waals surface area contributed by atoms with E-state index in [4.69, 9.17) is 5.73 Å². The lowest BCUT2D eigenvalue weighted by Crippen LogP contribution is -2.17. The van der Waals surface area contributed by atoms with Gasteiger partial charge in [-0.25, -0.2) is 0 Å². The van der Waals surface area contributed by atoms with Crippen LogP contribution in [0.2, 0.25) is 0 Å². The monoisotopic (exact) mass is 178 g/mol. The predicted octanol–water partition coefficient (Wildman–Crippen LogP) is 1.78. The summed E-state index contributed by atoms with van der Waals surface area (Å²) in [6.45, 7) is 2.06. The van der Waals surface area contributed by atoms with Gasteiger partial charge in [0.15, 0.2) is 0 Å². The quantitative estimate of drug-likeness (QED) is 0.712. The molecule has 1 atom stereocenters. The Morgan fingerprint density at radius 1 is 1.46 bits per heavy atom. The number of hydrogen-bond acceptors (Lipinski definition) is 1. The zero-order valence-electron chi connectivity index (χ0n) is 8.27. The lowest BCUT2D eigenvalue weighted by molar-refractivity contribution is 0.674. The van der Waals surface area contributed by atoms with E-state index in [0.717, 1.165) is 6.42 Å². The number of fused-ring (bicyclic) bond motifs is 1. The standard InChI is InChI=1S/C11H18N2/c1-8(12)6-10-7-9-4-2-3-5-11(9)13-10/h7-8,13H,2-6,12H2,1H3/t8-/m0/s1. The minimum absolute atomic E-state index is 0.264. The van der Waals surface area contributed by atoms with Crippen LogP contribution in [-0.2, 0) is 19.3 Å². The van der Waals surface area contributed by atoms with Crippen LogP contribution in [-0.4, -0.2) is 11.0 Å². The highest BCUT2D eigenvalue weighted by Crippen LogP contribution is 2.21. The molecule has 0 spiro atoms. The minimum atomic E-state index is 0.264. The van der Waals surface area contributed by atoms with Crippen LogP contribution in [0.4, 0.5) is 0 Å². The molecular formula is C11H18N2. The minimum Gasteiger partial charge on any atom is -0.362 e. The molecule has 1 aromatic rings. The number of aryl methyl sites for hydroxylation is 2. The van der Waals surface area contributed by atoms with Crippen molar-refractivity contribution in [2.75, 3.05) is 0 Å². The molecule has 2 heteroatoms. The van der Waals surface area contributed by atoms with Crippen LogP contribution in [0.15, 0.2) is 6.07 Å². The molecule has 0 fully saturated rings. The second-order valence-electron chi connectivity index (χ2n) is 4.19. The average molecular weight is 178 g/mol. The molecule has 0 bridgehead atoms. The summed E-state index contributed by atoms with van der Waals surface area (Å²) in [6.07, 6.45) is 6.15. The number of nitrogens with one attached hydrogen (secondary N) is 1. The van der Waals surface area contributed by atoms with Crippen molar-refractivity contribution in [3.05, 3.63) is 23.0 Å². The molecule has 0 saturated carbocycles. The van der Waals surface area contributed by atoms with Gasteiger partial charge in [0.1, 0.15) is 0 Å². The second kappa shape index (κ2) is 3.54. The van der Waals surface area contributed by atoms with E-state index in [2.05, 4.69) is 18.0 Å². The summed E-state index contributed by atoms with van der Waals surface area (Å²) in [5.41, 5.74) is 10.1. The summed E-state index contributed by atoms with van der Waals surface area (Å²) in [7, 11) is 0. The Balaban J connectivity index is 2.15. The van der Waals surface area contributed by atoms with Crippen LogP contribution in [0, 0.1) is 0 Å². The fourth-order valence-corrected chi connectivity index (χ4v) is 2.13. The summed E-state index contributed by atoms with van der Waals surface area (Å²) in [5, 5.41) is 0. The van der Waals surface area contributed by atoms with Gasteiger partial charge in [0.05, 0.1) is 0 Å². The van der Waals surface area contributed by atoms with Crippen LogP contribution >= 0.6 is 0 Å². The first kappa shape index (κ1) is 8.82. The summed E-state index contributed by atoms with van der Waals surface area (Å²) in [4.78, 5) is 3.48. The third kappa shape index (κ3) is 1.94. The maximum absolute atomic E-state index is 5.76. The normalized spacial score (nSPS) is 18.3. The Morgan fingerprint density at radius 3 is 2.92 bits per heavy atom. The van der Waals surface area contributed by atoms with E-state index in [1.807, 2.05) is 0 Å². The largest absolute Gasteiger partial charge is 0.362 e. The molecule has 1 heterocycles. The van der Waals surface area contributed by atoms with E-state index in [0.29, 0.717) is 0 Å². The van der Waals surface area contributed by atoms with Crippen LogP contribution < -0.4 is 5.73 Å². The van der Waals surface area contributed by atoms with Crippen molar-refractivity contribution in [2.24, 2.45) is 5.73 Å². The maximum atomic E-state index is 5.76. The number of rotatable bonds is 2. The van der Waals surface area contributed by atoms with E-state index >= 15 is 0 Å². The van der Waals surface area contributed by atoms with E-state index in [9.17, 15) is 0 Å². The first-order valence-electron chi connectivity index (χ1n) is 5.21. The predicted molar refractivity (Wildman–Crippen MR) is 54.8 cm³/mol. The Morgan fingerprint density at radius 2 is 2.23 bits per heavy atom. The third-order valence-electron chi connectivity index (χ3n) is 2.71. The molecule has 0 saturated heterocycles. The van der Waals surface area contributed by atoms with E-state index in [-0.39, 0.29) is 6.04 Å². The number of hydrogen-bond donors (Lipinski definition) is 2. The Hall–Kier alpha value is -0.760. The summed E-state index contributed by atoms with van der Waals surface area (Å²) in [6, 6.07) is 2.57. The summed E-state index contributed by atoms with van der Waals surface area (Å²) < 4.78 is 0. The summed E-state index contributed by atoms with van der Waals surface area (Å²) in [5.74, 6) is 0. The Bertz CT molecular complexity index is 263. The van der Waals surface area contributed by atoms with Gasteiger partial charge in [-0.3, -0.25) is 0 Å². The van der Waals surface area contributed by atoms with Crippen LogP contribution in [0.1, 0.15) is 36.7 Å². The molecule has 0 amide bonds. The third-order valence-corrected chi connectivity index (χ3v) is 2.71. The molecule has 0 radical (unpaired) electrons. The van der Waals surface area contributed by atoms with Crippen molar-refractivity contribution < 1.29 is 0 Å². The van der Waals surface area contributed by atoms with E-state index in [1.165, 1.54) is 42.6 Å². The number of H-pyrrole nitrogens is 1. The molecule has 1 aliphatic carbocycles. The molecular weight excluding hydrogens is 160 g/mol. The van der Waals surface area contributed by atoms with Gasteiger partial charge in [0, 0.05) is 23.9 Å². The Labute approximate surface area is 79.5 Å². The molecule has 0 aliphatic heterocycles. The van der Waals surface area contributed by atoms with Crippen molar-refractivity contribution in [1.82, 2.24) is 4.98 Å². The van der Waals surface area contributed by atoms with Gasteiger partial charge in [-0.1, -0.05) is 0 Å². The van der Waals surface area contributed by atoms with Crippen LogP contribution in [0.5, 0.6) is 0 Å². The highest BCUT2D eigenvalue weighted by molar-refractivity contribution is 5.28. The fourth-order valence-electron chi connectivity index (χ4n) is 2.13. The number of aromatic amines is 1. The van der Waals surface area contributed by atoms with Gasteiger partial charge >= 0.3 is 0 Å². The molecule has 0 aromatic carbocycles. The van der Waals surface area contributed by atoms with Crippen molar-refractivity contribution in [3.63, 3.8) is 0 Å². The van der Waals surface area contributed by atoms with Gasteiger partial charge in [0.25, 0.3) is 0 Å². The molecule has 1 aromatic heterocycles. The molecule has 2 rings (SSSR count). The number of nitrogens with two attached hydrogens (primary N) is 1. The molecule has 3 N–H and O–H groups in total. The SMILES string of the molecule is C[C@H](N)Cc1cc2c([nH]1)CCCC2. The molecule has 1 aliphatic rings. The lowest BCUT2D eigenvalue weighted by atomic mass is 9.98. The van der Waals surface area contributed by atoms with Gasteiger partial charge < -0.3 is 10.7 Å². The average Bonchev–Trinajstić information content (AvgIpc) is 2.44. The zero-order chi connectivity index (χ0) is 9.26. The smallest absolute Gasteiger partial charge is 0.0181 e. The van der Waals surface area contributed by atoms with Crippen molar-refractivity contribution in [1.29, 1.82) is 0 Å². The zero-order valence-corrected chi connectivity index (χ0v) is 8.27. The van der Waals surface area contributed by atoms with Gasteiger partial charge in [-0.2, -0.15) is 0 Å². The Kier molecular flexibility index (Phi) is 2.40. The van der Waals surface area contributed by atoms with Crippen molar-refractivity contribution in [3.8, 4) is 0 Å². The maximum Gasteiger partial charge on any atom is 0.0181 e. The molecule has 13 heavy (non-hydrogen) atoms. The lowest BCUT2D eigenvalue weighted by Gasteiger charge is -2.09. The second-order valence-corrected chi connectivity index (χ2v) is 4.19. The highest BCUT2D eigenvalue weighted by atomic mass is 14.7. The van der Waals surface area contributed by atoms with E-state index < -0.39 is 0 Å². The van der Waals surface area contributed by atoms with Crippen LogP contribution in [0.3, 0.4) is 0 Å².